The molecular formula is C30H29N5O2. The molecule has 0 saturated carbocycles. The quantitative estimate of drug-likeness (QED) is 0.431. The van der Waals surface area contributed by atoms with Gasteiger partial charge in [0.1, 0.15) is 0 Å². The molecule has 1 saturated heterocycles. The molecule has 0 spiro atoms. The Bertz CT molecular complexity index is 1450. The number of fused-ring (bicyclic) bond motifs is 2. The van der Waals surface area contributed by atoms with E-state index < -0.39 is 0 Å². The summed E-state index contributed by atoms with van der Waals surface area (Å²) >= 11 is 0. The van der Waals surface area contributed by atoms with E-state index in [1.807, 2.05) is 76.5 Å². The number of benzene rings is 2. The van der Waals surface area contributed by atoms with E-state index in [9.17, 15) is 9.59 Å². The van der Waals surface area contributed by atoms with Crippen LogP contribution in [0.1, 0.15) is 22.3 Å². The minimum Gasteiger partial charge on any atom is -0.336 e. The number of nitrogens with zero attached hydrogens (tertiary/aromatic N) is 5. The number of carbonyl (C=O) groups is 2. The van der Waals surface area contributed by atoms with Crippen LogP contribution in [0.25, 0.3) is 22.3 Å². The van der Waals surface area contributed by atoms with Gasteiger partial charge in [-0.2, -0.15) is 0 Å². The largest absolute Gasteiger partial charge is 0.336 e. The summed E-state index contributed by atoms with van der Waals surface area (Å²) in [5.41, 5.74) is 5.13. The van der Waals surface area contributed by atoms with Crippen LogP contribution in [0.3, 0.4) is 0 Å². The van der Waals surface area contributed by atoms with Crippen molar-refractivity contribution in [2.75, 3.05) is 44.2 Å². The van der Waals surface area contributed by atoms with Gasteiger partial charge in [0.25, 0.3) is 5.91 Å². The molecule has 6 rings (SSSR count). The van der Waals surface area contributed by atoms with Crippen molar-refractivity contribution in [2.24, 2.45) is 0 Å². The molecule has 4 heterocycles. The van der Waals surface area contributed by atoms with Crippen LogP contribution in [0.2, 0.25) is 0 Å². The number of carbonyl (C=O) groups excluding carboxylic acids is 2. The van der Waals surface area contributed by atoms with E-state index in [0.29, 0.717) is 44.0 Å². The predicted octanol–water partition coefficient (Wildman–Crippen LogP) is 4.03. The zero-order chi connectivity index (χ0) is 25.2. The number of para-hydroxylation sites is 2. The summed E-state index contributed by atoms with van der Waals surface area (Å²) in [5.74, 6) is 0.124. The van der Waals surface area contributed by atoms with E-state index in [1.54, 1.807) is 6.20 Å². The number of pyridine rings is 2. The van der Waals surface area contributed by atoms with Gasteiger partial charge in [0.15, 0.2) is 0 Å². The Morgan fingerprint density at radius 2 is 1.59 bits per heavy atom. The van der Waals surface area contributed by atoms with Gasteiger partial charge in [-0.25, -0.2) is 4.98 Å². The Labute approximate surface area is 216 Å². The second-order valence-corrected chi connectivity index (χ2v) is 9.63. The highest BCUT2D eigenvalue weighted by atomic mass is 16.2. The van der Waals surface area contributed by atoms with Crippen LogP contribution in [0.5, 0.6) is 0 Å². The molecule has 0 unspecified atom stereocenters. The molecule has 37 heavy (non-hydrogen) atoms. The highest BCUT2D eigenvalue weighted by molar-refractivity contribution is 6.07. The minimum atomic E-state index is -0.00767. The molecule has 2 aromatic heterocycles. The van der Waals surface area contributed by atoms with Crippen LogP contribution in [-0.2, 0) is 11.2 Å². The Kier molecular flexibility index (Phi) is 6.37. The zero-order valence-electron chi connectivity index (χ0n) is 20.7. The number of aryl methyl sites for hydroxylation is 1. The van der Waals surface area contributed by atoms with Gasteiger partial charge < -0.3 is 9.80 Å². The van der Waals surface area contributed by atoms with E-state index in [-0.39, 0.29) is 11.8 Å². The first-order valence-corrected chi connectivity index (χ1v) is 12.9. The van der Waals surface area contributed by atoms with E-state index in [0.717, 1.165) is 41.7 Å². The first-order chi connectivity index (χ1) is 18.2. The molecule has 0 radical (unpaired) electrons. The maximum absolute atomic E-state index is 13.7. The molecule has 0 aliphatic carbocycles. The molecule has 0 N–H and O–H groups in total. The molecule has 2 aliphatic rings. The van der Waals surface area contributed by atoms with Crippen LogP contribution in [0, 0.1) is 0 Å². The van der Waals surface area contributed by atoms with Crippen molar-refractivity contribution < 1.29 is 9.59 Å². The number of amides is 2. The molecule has 7 nitrogen and oxygen atoms in total. The first kappa shape index (κ1) is 23.3. The van der Waals surface area contributed by atoms with E-state index in [4.69, 9.17) is 4.98 Å². The normalized spacial score (nSPS) is 16.0. The fourth-order valence-corrected chi connectivity index (χ4v) is 5.35. The number of hydrogen-bond donors (Lipinski definition) is 0. The SMILES string of the molecule is O=C(c1cc(-c2ccccn2)nc2ccccc12)N1CCN(CC(=O)N2CCCc3ccccc32)CC1. The lowest BCUT2D eigenvalue weighted by molar-refractivity contribution is -0.120. The fourth-order valence-electron chi connectivity index (χ4n) is 5.35. The number of hydrogen-bond acceptors (Lipinski definition) is 5. The number of piperazine rings is 1. The minimum absolute atomic E-state index is 0.00767. The second-order valence-electron chi connectivity index (χ2n) is 9.63. The first-order valence-electron chi connectivity index (χ1n) is 12.9. The van der Waals surface area contributed by atoms with E-state index in [2.05, 4.69) is 16.0 Å². The summed E-state index contributed by atoms with van der Waals surface area (Å²) in [4.78, 5) is 42.0. The second kappa shape index (κ2) is 10.1. The summed E-state index contributed by atoms with van der Waals surface area (Å²) in [7, 11) is 0. The molecule has 1 fully saturated rings. The number of aromatic nitrogens is 2. The maximum atomic E-state index is 13.7. The third kappa shape index (κ3) is 4.70. The monoisotopic (exact) mass is 491 g/mol. The van der Waals surface area contributed by atoms with Gasteiger partial charge in [-0.1, -0.05) is 42.5 Å². The van der Waals surface area contributed by atoms with Crippen LogP contribution >= 0.6 is 0 Å². The van der Waals surface area contributed by atoms with E-state index in [1.165, 1.54) is 5.56 Å². The molecule has 7 heteroatoms. The number of rotatable bonds is 4. The van der Waals surface area contributed by atoms with Crippen molar-refractivity contribution in [3.8, 4) is 11.4 Å². The molecule has 2 amide bonds. The van der Waals surface area contributed by atoms with Crippen molar-refractivity contribution in [3.05, 3.63) is 90.1 Å². The van der Waals surface area contributed by atoms with Crippen LogP contribution in [0.4, 0.5) is 5.69 Å². The Morgan fingerprint density at radius 1 is 0.811 bits per heavy atom. The summed E-state index contributed by atoms with van der Waals surface area (Å²) < 4.78 is 0. The Balaban J connectivity index is 1.16. The predicted molar refractivity (Wildman–Crippen MR) is 144 cm³/mol. The molecule has 2 aliphatic heterocycles. The lowest BCUT2D eigenvalue weighted by atomic mass is 10.0. The van der Waals surface area contributed by atoms with Crippen molar-refractivity contribution in [1.82, 2.24) is 19.8 Å². The van der Waals surface area contributed by atoms with Gasteiger partial charge in [-0.05, 0) is 48.7 Å². The third-order valence-electron chi connectivity index (χ3n) is 7.30. The smallest absolute Gasteiger partial charge is 0.254 e. The standard InChI is InChI=1S/C30H29N5O2/c36-29(35-15-7-9-22-8-1-4-13-28(22)35)21-33-16-18-34(19-17-33)30(37)24-20-27(26-12-5-6-14-31-26)32-25-11-3-2-10-23(24)25/h1-6,8,10-14,20H,7,9,15-19,21H2. The van der Waals surface area contributed by atoms with Crippen LogP contribution < -0.4 is 4.90 Å². The lowest BCUT2D eigenvalue weighted by Crippen LogP contribution is -2.52. The Hall–Kier alpha value is -4.10. The average molecular weight is 492 g/mol. The fraction of sp³-hybridized carbons (Fsp3) is 0.267. The summed E-state index contributed by atoms with van der Waals surface area (Å²) in [5, 5.41) is 0.841. The average Bonchev–Trinajstić information content (AvgIpc) is 2.96. The third-order valence-corrected chi connectivity index (χ3v) is 7.30. The Morgan fingerprint density at radius 3 is 2.43 bits per heavy atom. The van der Waals surface area contributed by atoms with E-state index >= 15 is 0 Å². The van der Waals surface area contributed by atoms with Crippen LogP contribution in [0.15, 0.2) is 79.0 Å². The van der Waals surface area contributed by atoms with Gasteiger partial charge in [-0.15, -0.1) is 0 Å². The van der Waals surface area contributed by atoms with Crippen molar-refractivity contribution >= 4 is 28.4 Å². The lowest BCUT2D eigenvalue weighted by Gasteiger charge is -2.36. The zero-order valence-corrected chi connectivity index (χ0v) is 20.7. The van der Waals surface area contributed by atoms with Gasteiger partial charge in [0.05, 0.1) is 29.0 Å². The van der Waals surface area contributed by atoms with Crippen molar-refractivity contribution in [1.29, 1.82) is 0 Å². The molecule has 0 bridgehead atoms. The molecule has 0 atom stereocenters. The molecule has 4 aromatic rings. The number of anilines is 1. The topological polar surface area (TPSA) is 69.6 Å². The summed E-state index contributed by atoms with van der Waals surface area (Å²) in [6.07, 6.45) is 3.74. The molecule has 2 aromatic carbocycles. The maximum Gasteiger partial charge on any atom is 0.254 e. The van der Waals surface area contributed by atoms with Gasteiger partial charge >= 0.3 is 0 Å². The van der Waals surface area contributed by atoms with Gasteiger partial charge in [0.2, 0.25) is 5.91 Å². The van der Waals surface area contributed by atoms with Crippen molar-refractivity contribution in [3.63, 3.8) is 0 Å². The summed E-state index contributed by atoms with van der Waals surface area (Å²) in [6.45, 7) is 3.64. The van der Waals surface area contributed by atoms with Crippen molar-refractivity contribution in [2.45, 2.75) is 12.8 Å². The van der Waals surface area contributed by atoms with Gasteiger partial charge in [-0.3, -0.25) is 19.5 Å². The van der Waals surface area contributed by atoms with Crippen LogP contribution in [-0.4, -0.2) is 70.9 Å². The molecular weight excluding hydrogens is 462 g/mol. The summed E-state index contributed by atoms with van der Waals surface area (Å²) in [6, 6.07) is 23.5. The highest BCUT2D eigenvalue weighted by Crippen LogP contribution is 2.28. The highest BCUT2D eigenvalue weighted by Gasteiger charge is 2.28. The van der Waals surface area contributed by atoms with Gasteiger partial charge in [0, 0.05) is 50.0 Å². The molecule has 186 valence electrons.